The second-order valence-electron chi connectivity index (χ2n) is 0. The molecule has 0 aliphatic rings. The summed E-state index contributed by atoms with van der Waals surface area (Å²) in [4.78, 5) is 0. The lowest BCUT2D eigenvalue weighted by atomic mass is 31.0. The SMILES string of the molecule is S.[2H][PH3+].[2H][SH2+].[PH4+]. The van der Waals surface area contributed by atoms with Crippen molar-refractivity contribution in [3.8, 4) is 0 Å². The summed E-state index contributed by atoms with van der Waals surface area (Å²) in [6, 6.07) is 0. The highest BCUT2D eigenvalue weighted by Gasteiger charge is -0.0384. The first-order chi connectivity index (χ1) is 2.00. The van der Waals surface area contributed by atoms with Crippen LogP contribution in [0.2, 0.25) is 0 Å². The third-order valence-electron chi connectivity index (χ3n) is 0. The Morgan fingerprint density at radius 2 is 1.50 bits per heavy atom. The zero-order valence-corrected chi connectivity index (χ0v) is 8.12. The smallest absolute Gasteiger partial charge is 0.197 e. The summed E-state index contributed by atoms with van der Waals surface area (Å²) in [5.41, 5.74) is 0. The minimum absolute atomic E-state index is 0. The standard InChI is InChI=1S/2H3P.2H2S/h2*1H3;2*1H2/p+3/i1D;;;/hD. The molecule has 4 heteroatoms. The van der Waals surface area contributed by atoms with E-state index in [4.69, 9.17) is 2.40 Å². The molecule has 0 aromatic rings. The third kappa shape index (κ3) is 9.59. The number of hydrogen-bond acceptors (Lipinski definition) is 0. The first-order valence-corrected chi connectivity index (χ1v) is 0. The lowest BCUT2D eigenvalue weighted by Crippen LogP contribution is -0.00240. The Labute approximate surface area is 49.6 Å². The molecule has 0 saturated heterocycles. The van der Waals surface area contributed by atoms with Crippen molar-refractivity contribution in [2.75, 3.05) is 0 Å². The summed E-state index contributed by atoms with van der Waals surface area (Å²) in [6.45, 7) is 0. The average Bonchev–Trinajstić information content (AvgIpc) is 1.50. The van der Waals surface area contributed by atoms with Crippen molar-refractivity contribution in [2.45, 2.75) is 0 Å². The van der Waals surface area contributed by atoms with Gasteiger partial charge < -0.3 is 0 Å². The van der Waals surface area contributed by atoms with Crippen LogP contribution in [0.5, 0.6) is 0 Å². The van der Waals surface area contributed by atoms with Gasteiger partial charge in [-0.3, -0.25) is 0 Å². The van der Waals surface area contributed by atoms with Crippen LogP contribution in [0.25, 0.3) is 0 Å². The highest BCUT2D eigenvalue weighted by atomic mass is 32.1. The van der Waals surface area contributed by atoms with E-state index in [1.54, 1.807) is 0 Å². The predicted octanol–water partition coefficient (Wildman–Crippen LogP) is -1.11. The molecule has 0 N–H and O–H groups in total. The largest absolute Gasteiger partial charge is 0.353 e. The highest BCUT2D eigenvalue weighted by molar-refractivity contribution is 7.59. The van der Waals surface area contributed by atoms with Crippen LogP contribution in [0.1, 0.15) is 0 Å². The lowest BCUT2D eigenvalue weighted by molar-refractivity contribution is 6.92. The molecule has 0 rings (SSSR count). The number of hydrogen-bond donors (Lipinski definition) is 0. The third-order valence-corrected chi connectivity index (χ3v) is 0. The number of rotatable bonds is 0. The van der Waals surface area contributed by atoms with Gasteiger partial charge in [0.1, 0.15) is 0 Å². The molecule has 2 unspecified atom stereocenters. The minimum atomic E-state index is 0. The van der Waals surface area contributed by atoms with Crippen LogP contribution in [0, 0.1) is 0 Å². The lowest BCUT2D eigenvalue weighted by Gasteiger charge is -0.197. The molecular weight excluding hydrogens is 126 g/mol. The van der Waals surface area contributed by atoms with Gasteiger partial charge in [-0.15, -0.1) is 0 Å². The van der Waals surface area contributed by atoms with E-state index in [9.17, 15) is 0 Å². The van der Waals surface area contributed by atoms with Crippen LogP contribution < -0.4 is 0 Å². The molecule has 0 bridgehead atoms. The van der Waals surface area contributed by atoms with Crippen LogP contribution in [0.4, 0.5) is 0 Å². The van der Waals surface area contributed by atoms with E-state index in [1.807, 2.05) is 0 Å². The molecule has 0 radical (unpaired) electrons. The molecule has 0 aliphatic heterocycles. The first-order valence-electron chi connectivity index (χ1n) is 1.21. The van der Waals surface area contributed by atoms with Crippen LogP contribution >= 0.6 is 33.2 Å². The van der Waals surface area contributed by atoms with Gasteiger partial charge in [-0.1, -0.05) is 13.4 Å². The van der Waals surface area contributed by atoms with Crippen LogP contribution in [-0.4, -0.2) is 2.40 Å². The Balaban J connectivity index is -0.00000000500. The first kappa shape index (κ1) is 9.12. The van der Waals surface area contributed by atoms with E-state index in [0.29, 0.717) is 0 Å². The quantitative estimate of drug-likeness (QED) is 0.296. The van der Waals surface area contributed by atoms with Gasteiger partial charge in [0.05, 0.1) is 0 Å². The molecule has 4 heavy (non-hydrogen) atoms. The summed E-state index contributed by atoms with van der Waals surface area (Å²) >= 11 is 2.22. The van der Waals surface area contributed by atoms with Crippen molar-refractivity contribution in [3.05, 3.63) is 0 Å². The van der Waals surface area contributed by atoms with Crippen LogP contribution in [0.15, 0.2) is 0 Å². The fraction of sp³-hybridized carbons (Fsp3) is 0. The molecule has 0 heterocycles. The van der Waals surface area contributed by atoms with Crippen LogP contribution in [-0.2, 0) is 13.4 Å². The van der Waals surface area contributed by atoms with Gasteiger partial charge in [0.25, 0.3) is 1.28 Å². The fourth-order valence-electron chi connectivity index (χ4n) is 0. The maximum atomic E-state index is 5.78. The van der Waals surface area contributed by atoms with E-state index in [2.05, 4.69) is 13.4 Å². The van der Waals surface area contributed by atoms with E-state index in [0.717, 1.165) is 9.84 Å². The second kappa shape index (κ2) is 23.7. The minimum Gasteiger partial charge on any atom is -0.197 e. The van der Waals surface area contributed by atoms with Gasteiger partial charge in [-0.25, -0.2) is 0 Å². The summed E-state index contributed by atoms with van der Waals surface area (Å²) in [5, 5.41) is 0. The van der Waals surface area contributed by atoms with Gasteiger partial charge in [0.2, 0.25) is 0 Å². The van der Waals surface area contributed by atoms with Crippen molar-refractivity contribution in [2.24, 2.45) is 0 Å². The van der Waals surface area contributed by atoms with E-state index >= 15 is 0 Å². The van der Waals surface area contributed by atoms with Crippen LogP contribution in [0.3, 0.4) is 0 Å². The second-order valence-corrected chi connectivity index (χ2v) is 0. The monoisotopic (exact) mass is 141 g/mol. The predicted molar refractivity (Wildman–Crippen MR) is 46.9 cm³/mol. The van der Waals surface area contributed by atoms with Crippen molar-refractivity contribution >= 4 is 46.6 Å². The van der Waals surface area contributed by atoms with Crippen molar-refractivity contribution in [1.82, 2.24) is 0 Å². The van der Waals surface area contributed by atoms with Crippen molar-refractivity contribution in [1.29, 1.82) is 2.40 Å². The average molecular weight is 141 g/mol. The molecule has 0 nitrogen and oxygen atoms in total. The van der Waals surface area contributed by atoms with Gasteiger partial charge in [-0.05, 0) is 19.7 Å². The molecule has 2 atom stereocenters. The molecule has 32 valence electrons. The molecule has 0 aromatic heterocycles. The molecule has 0 amide bonds. The summed E-state index contributed by atoms with van der Waals surface area (Å²) in [6.07, 6.45) is 0. The Bertz CT molecular complexity index is 9.51. The normalized spacial score (nSPS) is 4.25. The fourth-order valence-corrected chi connectivity index (χ4v) is 0. The Morgan fingerprint density at radius 3 is 1.50 bits per heavy atom. The van der Waals surface area contributed by atoms with Crippen molar-refractivity contribution < 1.29 is 0 Å². The topological polar surface area (TPSA) is 0 Å². The Kier molecular flexibility index (Phi) is 54.2. The molecule has 0 spiro atoms. The zero-order chi connectivity index (χ0) is 4.00. The molecule has 0 aromatic carbocycles. The van der Waals surface area contributed by atoms with E-state index in [-0.39, 0.29) is 23.4 Å². The van der Waals surface area contributed by atoms with Gasteiger partial charge >= 0.3 is 1.12 Å². The Morgan fingerprint density at radius 1 is 1.50 bits per heavy atom. The molecule has 0 aliphatic carbocycles. The summed E-state index contributed by atoms with van der Waals surface area (Å²) in [5.74, 6) is 0. The van der Waals surface area contributed by atoms with Gasteiger partial charge in [0, 0.05) is 0 Å². The molecule has 0 saturated carbocycles. The molecular formula is H13P2S2+3. The zero-order valence-electron chi connectivity index (χ0n) is 4.71. The Hall–Kier alpha value is 1.56. The van der Waals surface area contributed by atoms with E-state index < -0.39 is 0 Å². The molecule has 0 fully saturated rings. The van der Waals surface area contributed by atoms with E-state index in [1.165, 1.54) is 0 Å². The summed E-state index contributed by atoms with van der Waals surface area (Å²) < 4.78 is 11.3. The van der Waals surface area contributed by atoms with Gasteiger partial charge in [0.15, 0.2) is 0 Å². The maximum absolute atomic E-state index is 5.78. The van der Waals surface area contributed by atoms with Crippen molar-refractivity contribution in [3.63, 3.8) is 0 Å². The summed E-state index contributed by atoms with van der Waals surface area (Å²) in [7, 11) is 1.11. The highest BCUT2D eigenvalue weighted by Crippen LogP contribution is 0.862. The maximum Gasteiger partial charge on any atom is 0.353 e. The van der Waals surface area contributed by atoms with Gasteiger partial charge in [-0.2, -0.15) is 13.5 Å².